The summed E-state index contributed by atoms with van der Waals surface area (Å²) in [6.07, 6.45) is 0. The largest absolute Gasteiger partial charge is 0.507 e. The molecule has 3 aromatic carbocycles. The quantitative estimate of drug-likeness (QED) is 0.289. The second kappa shape index (κ2) is 5.62. The van der Waals surface area contributed by atoms with Crippen molar-refractivity contribution < 1.29 is 25.5 Å². The summed E-state index contributed by atoms with van der Waals surface area (Å²) in [6.45, 7) is 3.27. The Morgan fingerprint density at radius 1 is 0.750 bits per heavy atom. The van der Waals surface area contributed by atoms with Crippen molar-refractivity contribution in [2.75, 3.05) is 0 Å². The van der Waals surface area contributed by atoms with E-state index in [1.807, 2.05) is 0 Å². The lowest BCUT2D eigenvalue weighted by Crippen LogP contribution is -1.91. The molecule has 5 N–H and O–H groups in total. The smallest absolute Gasteiger partial charge is 0.161 e. The lowest BCUT2D eigenvalue weighted by atomic mass is 9.93. The normalized spacial score (nSPS) is 11.1. The first kappa shape index (κ1) is 16.5. The van der Waals surface area contributed by atoms with Gasteiger partial charge in [-0.15, -0.1) is 0 Å². The number of benzene rings is 3. The molecule has 0 aromatic heterocycles. The van der Waals surface area contributed by atoms with E-state index < -0.39 is 0 Å². The Morgan fingerprint density at radius 3 is 2.00 bits per heavy atom. The second-order valence-electron chi connectivity index (χ2n) is 5.71. The number of hydrogen-bond donors (Lipinski definition) is 5. The predicted molar refractivity (Wildman–Crippen MR) is 99.9 cm³/mol. The summed E-state index contributed by atoms with van der Waals surface area (Å²) in [7, 11) is 0. The summed E-state index contributed by atoms with van der Waals surface area (Å²) in [6, 6.07) is 6.08. The third kappa shape index (κ3) is 2.37. The van der Waals surface area contributed by atoms with E-state index in [9.17, 15) is 25.5 Å². The molecule has 0 atom stereocenters. The highest BCUT2D eigenvalue weighted by atomic mass is 127. The summed E-state index contributed by atoms with van der Waals surface area (Å²) in [5, 5.41) is 50.9. The molecule has 5 nitrogen and oxygen atoms in total. The molecule has 0 unspecified atom stereocenters. The van der Waals surface area contributed by atoms with E-state index in [1.165, 1.54) is 12.1 Å². The number of aromatic hydroxyl groups is 5. The maximum atomic E-state index is 10.3. The summed E-state index contributed by atoms with van der Waals surface area (Å²) >= 11 is 2.05. The van der Waals surface area contributed by atoms with E-state index in [0.717, 1.165) is 0 Å². The fourth-order valence-corrected chi connectivity index (χ4v) is 3.81. The summed E-state index contributed by atoms with van der Waals surface area (Å²) in [5.41, 5.74) is 2.17. The van der Waals surface area contributed by atoms with Gasteiger partial charge in [0.15, 0.2) is 23.0 Å². The monoisotopic (exact) mass is 438 g/mol. The first-order chi connectivity index (χ1) is 11.2. The molecule has 3 aromatic rings. The molecule has 0 aliphatic heterocycles. The van der Waals surface area contributed by atoms with Crippen LogP contribution in [0.3, 0.4) is 0 Å². The zero-order valence-electron chi connectivity index (χ0n) is 12.9. The molecule has 0 radical (unpaired) electrons. The average Bonchev–Trinajstić information content (AvgIpc) is 2.49. The Labute approximate surface area is 151 Å². The molecule has 0 saturated heterocycles. The van der Waals surface area contributed by atoms with Crippen molar-refractivity contribution in [3.63, 3.8) is 0 Å². The molecule has 0 saturated carbocycles. The first-order valence-corrected chi connectivity index (χ1v) is 8.20. The van der Waals surface area contributed by atoms with Gasteiger partial charge in [0.25, 0.3) is 0 Å². The zero-order valence-corrected chi connectivity index (χ0v) is 15.1. The molecular weight excluding hydrogens is 423 g/mol. The van der Waals surface area contributed by atoms with Crippen LogP contribution in [0.25, 0.3) is 21.9 Å². The summed E-state index contributed by atoms with van der Waals surface area (Å²) in [5.74, 6) is -1.02. The summed E-state index contributed by atoms with van der Waals surface area (Å²) < 4.78 is 0.701. The fourth-order valence-electron chi connectivity index (χ4n) is 2.91. The van der Waals surface area contributed by atoms with Gasteiger partial charge in [0, 0.05) is 20.1 Å². The van der Waals surface area contributed by atoms with Crippen molar-refractivity contribution in [1.29, 1.82) is 0 Å². The van der Waals surface area contributed by atoms with E-state index in [0.29, 0.717) is 36.6 Å². The van der Waals surface area contributed by atoms with Gasteiger partial charge >= 0.3 is 0 Å². The van der Waals surface area contributed by atoms with Crippen LogP contribution in [0.4, 0.5) is 0 Å². The molecule has 0 aliphatic rings. The third-order valence-corrected chi connectivity index (χ3v) is 4.97. The minimum atomic E-state index is -0.289. The van der Waals surface area contributed by atoms with Gasteiger partial charge < -0.3 is 25.5 Å². The van der Waals surface area contributed by atoms with Crippen LogP contribution in [-0.2, 0) is 0 Å². The molecule has 0 bridgehead atoms. The maximum Gasteiger partial charge on any atom is 0.161 e. The van der Waals surface area contributed by atoms with Crippen LogP contribution in [0, 0.1) is 17.4 Å². The average molecular weight is 438 g/mol. The number of halogens is 1. The number of hydrogen-bond acceptors (Lipinski definition) is 5. The highest BCUT2D eigenvalue weighted by Crippen LogP contribution is 2.46. The Bertz CT molecular complexity index is 972. The zero-order chi connectivity index (χ0) is 17.8. The lowest BCUT2D eigenvalue weighted by Gasteiger charge is -2.16. The number of rotatable bonds is 1. The van der Waals surface area contributed by atoms with E-state index in [1.54, 1.807) is 26.0 Å². The van der Waals surface area contributed by atoms with Gasteiger partial charge in [-0.3, -0.25) is 0 Å². The van der Waals surface area contributed by atoms with Gasteiger partial charge in [0.1, 0.15) is 5.75 Å². The number of aryl methyl sites for hydroxylation is 2. The van der Waals surface area contributed by atoms with Crippen LogP contribution >= 0.6 is 22.6 Å². The fraction of sp³-hybridized carbons (Fsp3) is 0.111. The van der Waals surface area contributed by atoms with Crippen LogP contribution in [0.5, 0.6) is 28.7 Å². The van der Waals surface area contributed by atoms with Crippen LogP contribution in [0.2, 0.25) is 0 Å². The number of phenolic OH excluding ortho intramolecular Hbond substituents is 5. The second-order valence-corrected chi connectivity index (χ2v) is 6.87. The van der Waals surface area contributed by atoms with Gasteiger partial charge in [0.05, 0.1) is 0 Å². The van der Waals surface area contributed by atoms with E-state index in [4.69, 9.17) is 0 Å². The van der Waals surface area contributed by atoms with Crippen LogP contribution in [0.15, 0.2) is 24.3 Å². The summed E-state index contributed by atoms with van der Waals surface area (Å²) in [4.78, 5) is 0. The number of fused-ring (bicyclic) bond motifs is 1. The molecule has 0 amide bonds. The van der Waals surface area contributed by atoms with E-state index in [-0.39, 0.29) is 28.7 Å². The van der Waals surface area contributed by atoms with Gasteiger partial charge in [0.2, 0.25) is 0 Å². The molecule has 0 spiro atoms. The Hall–Kier alpha value is -2.35. The highest BCUT2D eigenvalue weighted by Gasteiger charge is 2.19. The molecule has 6 heteroatoms. The van der Waals surface area contributed by atoms with E-state index >= 15 is 0 Å². The van der Waals surface area contributed by atoms with Crippen molar-refractivity contribution >= 4 is 33.4 Å². The minimum absolute atomic E-state index is 0.00864. The lowest BCUT2D eigenvalue weighted by molar-refractivity contribution is 0.401. The molecule has 0 fully saturated rings. The standard InChI is InChI=1S/C18H15IO5/c1-7-3-9(4-13(21)17(7)23)16-10-5-14(22)18(24)8(2)15(10)12(20)6-11(16)19/h3-6,20-24H,1-2H3. The van der Waals surface area contributed by atoms with Crippen LogP contribution < -0.4 is 0 Å². The molecule has 124 valence electrons. The predicted octanol–water partition coefficient (Wildman–Crippen LogP) is 4.26. The first-order valence-electron chi connectivity index (χ1n) is 7.12. The van der Waals surface area contributed by atoms with Gasteiger partial charge in [-0.2, -0.15) is 0 Å². The highest BCUT2D eigenvalue weighted by molar-refractivity contribution is 14.1. The molecule has 0 heterocycles. The van der Waals surface area contributed by atoms with Gasteiger partial charge in [-0.25, -0.2) is 0 Å². The van der Waals surface area contributed by atoms with E-state index in [2.05, 4.69) is 22.6 Å². The molecular formula is C18H15IO5. The van der Waals surface area contributed by atoms with Gasteiger partial charge in [-0.05, 0) is 77.2 Å². The SMILES string of the molecule is Cc1cc(-c2c(I)cc(O)c3c(C)c(O)c(O)cc23)cc(O)c1O. The Morgan fingerprint density at radius 2 is 1.38 bits per heavy atom. The molecule has 0 aliphatic carbocycles. The number of phenols is 5. The molecule has 24 heavy (non-hydrogen) atoms. The Kier molecular flexibility index (Phi) is 3.87. The minimum Gasteiger partial charge on any atom is -0.507 e. The van der Waals surface area contributed by atoms with Crippen molar-refractivity contribution in [2.24, 2.45) is 0 Å². The van der Waals surface area contributed by atoms with Crippen molar-refractivity contribution in [2.45, 2.75) is 13.8 Å². The van der Waals surface area contributed by atoms with Crippen molar-refractivity contribution in [3.05, 3.63) is 39.0 Å². The van der Waals surface area contributed by atoms with Crippen molar-refractivity contribution in [1.82, 2.24) is 0 Å². The van der Waals surface area contributed by atoms with Gasteiger partial charge in [-0.1, -0.05) is 0 Å². The van der Waals surface area contributed by atoms with Crippen LogP contribution in [0.1, 0.15) is 11.1 Å². The van der Waals surface area contributed by atoms with Crippen molar-refractivity contribution in [3.8, 4) is 39.9 Å². The molecule has 3 rings (SSSR count). The Balaban J connectivity index is 2.49. The topological polar surface area (TPSA) is 101 Å². The maximum absolute atomic E-state index is 10.3. The van der Waals surface area contributed by atoms with Crippen LogP contribution in [-0.4, -0.2) is 25.5 Å². The third-order valence-electron chi connectivity index (χ3n) is 4.12.